The van der Waals surface area contributed by atoms with Crippen molar-refractivity contribution >= 4 is 0 Å². The zero-order chi connectivity index (χ0) is 18.6. The molecule has 1 aromatic carbocycles. The summed E-state index contributed by atoms with van der Waals surface area (Å²) in [4.78, 5) is 12.3. The molecule has 0 saturated carbocycles. The summed E-state index contributed by atoms with van der Waals surface area (Å²) < 4.78 is 13.1. The second-order valence-electron chi connectivity index (χ2n) is 8.03. The van der Waals surface area contributed by atoms with Gasteiger partial charge in [-0.15, -0.1) is 0 Å². The minimum Gasteiger partial charge on any atom is -0.492 e. The Labute approximate surface area is 155 Å². The maximum absolute atomic E-state index is 12.3. The summed E-state index contributed by atoms with van der Waals surface area (Å²) in [7, 11) is 0. The van der Waals surface area contributed by atoms with Crippen LogP contribution in [0.15, 0.2) is 47.4 Å². The molecule has 1 aliphatic rings. The molecule has 1 saturated heterocycles. The van der Waals surface area contributed by atoms with Crippen LogP contribution in [-0.4, -0.2) is 23.9 Å². The summed E-state index contributed by atoms with van der Waals surface area (Å²) in [6.07, 6.45) is 5.16. The van der Waals surface area contributed by atoms with Gasteiger partial charge in [-0.1, -0.05) is 32.9 Å². The van der Waals surface area contributed by atoms with Crippen LogP contribution in [0.2, 0.25) is 0 Å². The Morgan fingerprint density at radius 3 is 2.58 bits per heavy atom. The van der Waals surface area contributed by atoms with E-state index in [4.69, 9.17) is 9.47 Å². The molecule has 3 rings (SSSR count). The van der Waals surface area contributed by atoms with Crippen LogP contribution < -0.4 is 10.3 Å². The Morgan fingerprint density at radius 2 is 1.96 bits per heavy atom. The van der Waals surface area contributed by atoms with Crippen molar-refractivity contribution in [2.24, 2.45) is 0 Å². The number of hydrogen-bond donors (Lipinski definition) is 0. The Bertz CT molecular complexity index is 765. The third-order valence-electron chi connectivity index (χ3n) is 4.87. The standard InChI is InChI=1S/C22H29NO3/c1-22(2,3)18-6-8-19(9-7-18)26-14-12-23-11-10-17(16-21(23)24)15-20-5-4-13-25-20/h6-11,16,20H,4-5,12-15H2,1-3H3. The minimum atomic E-state index is 0.0205. The summed E-state index contributed by atoms with van der Waals surface area (Å²) in [6, 6.07) is 11.9. The van der Waals surface area contributed by atoms with Gasteiger partial charge in [0.25, 0.3) is 5.56 Å². The number of pyridine rings is 1. The predicted octanol–water partition coefficient (Wildman–Crippen LogP) is 3.95. The van der Waals surface area contributed by atoms with Gasteiger partial charge in [-0.05, 0) is 54.0 Å². The molecule has 140 valence electrons. The van der Waals surface area contributed by atoms with Crippen molar-refractivity contribution in [2.45, 2.75) is 58.1 Å². The first-order valence-corrected chi connectivity index (χ1v) is 9.46. The lowest BCUT2D eigenvalue weighted by atomic mass is 9.87. The molecule has 2 heterocycles. The summed E-state index contributed by atoms with van der Waals surface area (Å²) in [5.41, 5.74) is 2.49. The number of benzene rings is 1. The van der Waals surface area contributed by atoms with Gasteiger partial charge in [-0.3, -0.25) is 4.79 Å². The van der Waals surface area contributed by atoms with E-state index in [2.05, 4.69) is 32.9 Å². The van der Waals surface area contributed by atoms with E-state index in [9.17, 15) is 4.79 Å². The lowest BCUT2D eigenvalue weighted by Gasteiger charge is -2.19. The maximum atomic E-state index is 12.3. The van der Waals surface area contributed by atoms with Crippen LogP contribution in [0.3, 0.4) is 0 Å². The predicted molar refractivity (Wildman–Crippen MR) is 104 cm³/mol. The zero-order valence-corrected chi connectivity index (χ0v) is 16.0. The highest BCUT2D eigenvalue weighted by Crippen LogP contribution is 2.24. The number of ether oxygens (including phenoxy) is 2. The molecule has 26 heavy (non-hydrogen) atoms. The SMILES string of the molecule is CC(C)(C)c1ccc(OCCn2ccc(CC3CCCO3)cc2=O)cc1. The molecule has 0 bridgehead atoms. The van der Waals surface area contributed by atoms with Crippen molar-refractivity contribution < 1.29 is 9.47 Å². The van der Waals surface area contributed by atoms with E-state index in [-0.39, 0.29) is 17.1 Å². The van der Waals surface area contributed by atoms with Crippen LogP contribution in [0, 0.1) is 0 Å². The molecule has 4 nitrogen and oxygen atoms in total. The summed E-state index contributed by atoms with van der Waals surface area (Å²) in [5, 5.41) is 0. The molecule has 0 amide bonds. The number of rotatable bonds is 6. The van der Waals surface area contributed by atoms with Crippen molar-refractivity contribution in [1.29, 1.82) is 0 Å². The van der Waals surface area contributed by atoms with E-state index < -0.39 is 0 Å². The summed E-state index contributed by atoms with van der Waals surface area (Å²) in [5.74, 6) is 0.834. The van der Waals surface area contributed by atoms with Crippen molar-refractivity contribution in [3.05, 3.63) is 64.1 Å². The smallest absolute Gasteiger partial charge is 0.250 e. The van der Waals surface area contributed by atoms with Crippen LogP contribution in [-0.2, 0) is 23.1 Å². The first-order valence-electron chi connectivity index (χ1n) is 9.46. The molecule has 1 fully saturated rings. The number of aromatic nitrogens is 1. The van der Waals surface area contributed by atoms with Gasteiger partial charge in [0.15, 0.2) is 0 Å². The first-order chi connectivity index (χ1) is 12.4. The van der Waals surface area contributed by atoms with Gasteiger partial charge >= 0.3 is 0 Å². The number of nitrogens with zero attached hydrogens (tertiary/aromatic N) is 1. The zero-order valence-electron chi connectivity index (χ0n) is 16.0. The fourth-order valence-corrected chi connectivity index (χ4v) is 3.24. The van der Waals surface area contributed by atoms with Crippen molar-refractivity contribution in [3.8, 4) is 5.75 Å². The fourth-order valence-electron chi connectivity index (χ4n) is 3.24. The lowest BCUT2D eigenvalue weighted by molar-refractivity contribution is 0.111. The second-order valence-corrected chi connectivity index (χ2v) is 8.03. The van der Waals surface area contributed by atoms with Crippen molar-refractivity contribution in [3.63, 3.8) is 0 Å². The van der Waals surface area contributed by atoms with Gasteiger partial charge < -0.3 is 14.0 Å². The molecular formula is C22H29NO3. The molecule has 0 radical (unpaired) electrons. The van der Waals surface area contributed by atoms with Gasteiger partial charge in [0, 0.05) is 18.9 Å². The van der Waals surface area contributed by atoms with Crippen LogP contribution in [0.5, 0.6) is 5.75 Å². The molecule has 1 aliphatic heterocycles. The normalized spacial score (nSPS) is 17.4. The Balaban J connectivity index is 1.52. The fraction of sp³-hybridized carbons (Fsp3) is 0.500. The summed E-state index contributed by atoms with van der Waals surface area (Å²) in [6.45, 7) is 8.43. The van der Waals surface area contributed by atoms with E-state index in [0.717, 1.165) is 37.2 Å². The first kappa shape index (κ1) is 18.7. The molecule has 0 N–H and O–H groups in total. The van der Waals surface area contributed by atoms with E-state index >= 15 is 0 Å². The molecule has 1 atom stereocenters. The molecular weight excluding hydrogens is 326 g/mol. The van der Waals surface area contributed by atoms with Crippen LogP contribution in [0.1, 0.15) is 44.7 Å². The monoisotopic (exact) mass is 355 g/mol. The topological polar surface area (TPSA) is 40.5 Å². The van der Waals surface area contributed by atoms with E-state index in [1.54, 1.807) is 10.6 Å². The Morgan fingerprint density at radius 1 is 1.19 bits per heavy atom. The average molecular weight is 355 g/mol. The Hall–Kier alpha value is -2.07. The number of hydrogen-bond acceptors (Lipinski definition) is 3. The van der Waals surface area contributed by atoms with Crippen LogP contribution in [0.25, 0.3) is 0 Å². The van der Waals surface area contributed by atoms with E-state index in [1.165, 1.54) is 5.56 Å². The van der Waals surface area contributed by atoms with Gasteiger partial charge in [-0.25, -0.2) is 0 Å². The van der Waals surface area contributed by atoms with Gasteiger partial charge in [-0.2, -0.15) is 0 Å². The second kappa shape index (κ2) is 8.09. The van der Waals surface area contributed by atoms with Gasteiger partial charge in [0.05, 0.1) is 12.6 Å². The molecule has 2 aromatic rings. The largest absolute Gasteiger partial charge is 0.492 e. The lowest BCUT2D eigenvalue weighted by Crippen LogP contribution is -2.23. The van der Waals surface area contributed by atoms with E-state index in [1.807, 2.05) is 24.4 Å². The molecule has 1 aromatic heterocycles. The highest BCUT2D eigenvalue weighted by molar-refractivity contribution is 5.31. The van der Waals surface area contributed by atoms with Gasteiger partial charge in [0.1, 0.15) is 12.4 Å². The molecule has 0 aliphatic carbocycles. The highest BCUT2D eigenvalue weighted by atomic mass is 16.5. The highest BCUT2D eigenvalue weighted by Gasteiger charge is 2.16. The average Bonchev–Trinajstić information content (AvgIpc) is 3.09. The molecule has 4 heteroatoms. The summed E-state index contributed by atoms with van der Waals surface area (Å²) >= 11 is 0. The van der Waals surface area contributed by atoms with Crippen LogP contribution in [0.4, 0.5) is 0 Å². The minimum absolute atomic E-state index is 0.0205. The van der Waals surface area contributed by atoms with E-state index in [0.29, 0.717) is 13.2 Å². The quantitative estimate of drug-likeness (QED) is 0.788. The Kier molecular flexibility index (Phi) is 5.82. The molecule has 1 unspecified atom stereocenters. The third kappa shape index (κ3) is 4.98. The third-order valence-corrected chi connectivity index (χ3v) is 4.87. The maximum Gasteiger partial charge on any atom is 0.250 e. The van der Waals surface area contributed by atoms with Gasteiger partial charge in [0.2, 0.25) is 0 Å². The van der Waals surface area contributed by atoms with Crippen molar-refractivity contribution in [2.75, 3.05) is 13.2 Å². The van der Waals surface area contributed by atoms with Crippen LogP contribution >= 0.6 is 0 Å². The molecule has 0 spiro atoms. The van der Waals surface area contributed by atoms with Crippen molar-refractivity contribution in [1.82, 2.24) is 4.57 Å².